The Labute approximate surface area is 101 Å². The van der Waals surface area contributed by atoms with Crippen molar-refractivity contribution in [2.24, 2.45) is 0 Å². The molecule has 1 amide bonds. The third-order valence-electron chi connectivity index (χ3n) is 2.88. The number of hydrogen-bond acceptors (Lipinski definition) is 4. The Bertz CT molecular complexity index is 429. The van der Waals surface area contributed by atoms with E-state index in [1.807, 2.05) is 13.0 Å². The molecule has 1 fully saturated rings. The van der Waals surface area contributed by atoms with Crippen LogP contribution in [-0.2, 0) is 4.79 Å². The van der Waals surface area contributed by atoms with E-state index in [2.05, 4.69) is 15.6 Å². The summed E-state index contributed by atoms with van der Waals surface area (Å²) in [6.07, 6.45) is 3.85. The molecule has 92 valence electrons. The summed E-state index contributed by atoms with van der Waals surface area (Å²) < 4.78 is 0. The van der Waals surface area contributed by atoms with Gasteiger partial charge in [-0.05, 0) is 38.3 Å². The molecule has 1 unspecified atom stereocenters. The monoisotopic (exact) mass is 234 g/mol. The number of nitrogens with one attached hydrogen (secondary N) is 2. The van der Waals surface area contributed by atoms with Crippen LogP contribution >= 0.6 is 0 Å². The zero-order valence-electron chi connectivity index (χ0n) is 10.2. The molecule has 0 spiro atoms. The highest BCUT2D eigenvalue weighted by Crippen LogP contribution is 2.21. The number of amides is 1. The molecule has 1 aliphatic carbocycles. The number of nitrogens with two attached hydrogens (primary N) is 1. The molecule has 1 heterocycles. The molecule has 0 aromatic carbocycles. The highest BCUT2D eigenvalue weighted by Gasteiger charge is 2.25. The van der Waals surface area contributed by atoms with Crippen LogP contribution in [0.2, 0.25) is 0 Å². The summed E-state index contributed by atoms with van der Waals surface area (Å²) in [5.41, 5.74) is 7.44. The number of nitrogens with zero attached hydrogens (tertiary/aromatic N) is 1. The van der Waals surface area contributed by atoms with E-state index in [0.717, 1.165) is 18.4 Å². The van der Waals surface area contributed by atoms with Gasteiger partial charge in [-0.1, -0.05) is 0 Å². The van der Waals surface area contributed by atoms with Gasteiger partial charge in [0, 0.05) is 12.2 Å². The molecule has 0 bridgehead atoms. The van der Waals surface area contributed by atoms with Crippen molar-refractivity contribution in [1.29, 1.82) is 0 Å². The average molecular weight is 234 g/mol. The van der Waals surface area contributed by atoms with Crippen LogP contribution in [0.25, 0.3) is 0 Å². The fourth-order valence-electron chi connectivity index (χ4n) is 1.51. The molecule has 1 aliphatic rings. The van der Waals surface area contributed by atoms with Gasteiger partial charge in [-0.25, -0.2) is 4.98 Å². The molecule has 17 heavy (non-hydrogen) atoms. The minimum atomic E-state index is -0.327. The van der Waals surface area contributed by atoms with Crippen molar-refractivity contribution in [3.8, 4) is 0 Å². The van der Waals surface area contributed by atoms with Gasteiger partial charge in [0.1, 0.15) is 11.9 Å². The molecule has 1 saturated carbocycles. The minimum Gasteiger partial charge on any atom is -0.396 e. The summed E-state index contributed by atoms with van der Waals surface area (Å²) in [6, 6.07) is 1.89. The Morgan fingerprint density at radius 2 is 2.29 bits per heavy atom. The van der Waals surface area contributed by atoms with Crippen LogP contribution in [-0.4, -0.2) is 23.0 Å². The predicted molar refractivity (Wildman–Crippen MR) is 67.6 cm³/mol. The van der Waals surface area contributed by atoms with Gasteiger partial charge in [-0.3, -0.25) is 4.79 Å². The lowest BCUT2D eigenvalue weighted by molar-refractivity contribution is -0.121. The number of aryl methyl sites for hydroxylation is 1. The first-order valence-electron chi connectivity index (χ1n) is 5.86. The van der Waals surface area contributed by atoms with E-state index in [-0.39, 0.29) is 11.9 Å². The van der Waals surface area contributed by atoms with Crippen LogP contribution in [0.15, 0.2) is 12.3 Å². The first kappa shape index (κ1) is 11.7. The van der Waals surface area contributed by atoms with Crippen molar-refractivity contribution >= 4 is 17.4 Å². The first-order chi connectivity index (χ1) is 8.08. The fourth-order valence-corrected chi connectivity index (χ4v) is 1.51. The van der Waals surface area contributed by atoms with Crippen molar-refractivity contribution < 1.29 is 4.79 Å². The Balaban J connectivity index is 1.99. The van der Waals surface area contributed by atoms with E-state index in [4.69, 9.17) is 5.73 Å². The van der Waals surface area contributed by atoms with Gasteiger partial charge in [-0.2, -0.15) is 0 Å². The van der Waals surface area contributed by atoms with Gasteiger partial charge in [0.15, 0.2) is 0 Å². The average Bonchev–Trinajstić information content (AvgIpc) is 3.08. The smallest absolute Gasteiger partial charge is 0.242 e. The van der Waals surface area contributed by atoms with Gasteiger partial charge in [0.05, 0.1) is 5.69 Å². The molecule has 0 radical (unpaired) electrons. The lowest BCUT2D eigenvalue weighted by atomic mass is 10.2. The second-order valence-corrected chi connectivity index (χ2v) is 4.54. The Morgan fingerprint density at radius 1 is 1.59 bits per heavy atom. The lowest BCUT2D eigenvalue weighted by Crippen LogP contribution is -2.39. The highest BCUT2D eigenvalue weighted by atomic mass is 16.2. The van der Waals surface area contributed by atoms with Crippen LogP contribution in [0.5, 0.6) is 0 Å². The van der Waals surface area contributed by atoms with E-state index < -0.39 is 0 Å². The predicted octanol–water partition coefficient (Wildman–Crippen LogP) is 1.05. The number of rotatable bonds is 4. The number of pyridine rings is 1. The second kappa shape index (κ2) is 4.61. The van der Waals surface area contributed by atoms with E-state index in [1.54, 1.807) is 13.1 Å². The normalized spacial score (nSPS) is 16.4. The van der Waals surface area contributed by atoms with Crippen molar-refractivity contribution in [2.75, 3.05) is 11.1 Å². The molecule has 5 heteroatoms. The fraction of sp³-hybridized carbons (Fsp3) is 0.500. The number of nitrogen functional groups attached to an aromatic ring is 1. The molecule has 1 aromatic rings. The van der Waals surface area contributed by atoms with E-state index in [0.29, 0.717) is 17.5 Å². The summed E-state index contributed by atoms with van der Waals surface area (Å²) in [6.45, 7) is 3.72. The maximum atomic E-state index is 11.8. The zero-order valence-corrected chi connectivity index (χ0v) is 10.2. The van der Waals surface area contributed by atoms with Gasteiger partial charge in [0.25, 0.3) is 0 Å². The molecule has 4 N–H and O–H groups in total. The van der Waals surface area contributed by atoms with Gasteiger partial charge < -0.3 is 16.4 Å². The number of carbonyl (C=O) groups is 1. The molecule has 0 aliphatic heterocycles. The maximum Gasteiger partial charge on any atom is 0.242 e. The van der Waals surface area contributed by atoms with Crippen LogP contribution < -0.4 is 16.4 Å². The topological polar surface area (TPSA) is 80.0 Å². The summed E-state index contributed by atoms with van der Waals surface area (Å²) in [5, 5.41) is 5.97. The van der Waals surface area contributed by atoms with Crippen LogP contribution in [0.1, 0.15) is 25.3 Å². The van der Waals surface area contributed by atoms with Gasteiger partial charge >= 0.3 is 0 Å². The van der Waals surface area contributed by atoms with E-state index in [9.17, 15) is 4.79 Å². The number of aromatic nitrogens is 1. The number of carbonyl (C=O) groups excluding carboxylic acids is 1. The SMILES string of the molecule is Cc1ccnc(NC(C)C(=O)NC2CC2)c1N. The maximum absolute atomic E-state index is 11.8. The van der Waals surface area contributed by atoms with E-state index >= 15 is 0 Å². The standard InChI is InChI=1S/C12H18N4O/c1-7-5-6-14-11(10(7)13)15-8(2)12(17)16-9-3-4-9/h5-6,8-9H,3-4,13H2,1-2H3,(H,14,15)(H,16,17). The molecule has 0 saturated heterocycles. The van der Waals surface area contributed by atoms with E-state index in [1.165, 1.54) is 0 Å². The van der Waals surface area contributed by atoms with Crippen LogP contribution in [0.4, 0.5) is 11.5 Å². The molecular weight excluding hydrogens is 216 g/mol. The van der Waals surface area contributed by atoms with Crippen molar-refractivity contribution in [3.63, 3.8) is 0 Å². The van der Waals surface area contributed by atoms with Crippen LogP contribution in [0.3, 0.4) is 0 Å². The lowest BCUT2D eigenvalue weighted by Gasteiger charge is -2.16. The zero-order chi connectivity index (χ0) is 12.4. The summed E-state index contributed by atoms with van der Waals surface area (Å²) in [5.74, 6) is 0.568. The molecule has 1 aromatic heterocycles. The molecule has 5 nitrogen and oxygen atoms in total. The molecule has 1 atom stereocenters. The van der Waals surface area contributed by atoms with Crippen molar-refractivity contribution in [1.82, 2.24) is 10.3 Å². The Morgan fingerprint density at radius 3 is 2.94 bits per heavy atom. The summed E-state index contributed by atoms with van der Waals surface area (Å²) >= 11 is 0. The first-order valence-corrected chi connectivity index (χ1v) is 5.86. The highest BCUT2D eigenvalue weighted by molar-refractivity contribution is 5.85. The number of anilines is 2. The Hall–Kier alpha value is -1.78. The van der Waals surface area contributed by atoms with Gasteiger partial charge in [-0.15, -0.1) is 0 Å². The third-order valence-corrected chi connectivity index (χ3v) is 2.88. The number of hydrogen-bond donors (Lipinski definition) is 3. The summed E-state index contributed by atoms with van der Waals surface area (Å²) in [7, 11) is 0. The van der Waals surface area contributed by atoms with Crippen molar-refractivity contribution in [2.45, 2.75) is 38.8 Å². The van der Waals surface area contributed by atoms with Gasteiger partial charge in [0.2, 0.25) is 5.91 Å². The minimum absolute atomic E-state index is 0.00444. The second-order valence-electron chi connectivity index (χ2n) is 4.54. The summed E-state index contributed by atoms with van der Waals surface area (Å²) in [4.78, 5) is 15.9. The molecular formula is C12H18N4O. The largest absolute Gasteiger partial charge is 0.396 e. The molecule has 2 rings (SSSR count). The Kier molecular flexibility index (Phi) is 3.17. The quantitative estimate of drug-likeness (QED) is 0.727. The van der Waals surface area contributed by atoms with Crippen LogP contribution in [0, 0.1) is 6.92 Å². The van der Waals surface area contributed by atoms with Crippen molar-refractivity contribution in [3.05, 3.63) is 17.8 Å². The third kappa shape index (κ3) is 2.87.